The minimum absolute atomic E-state index is 0.0195. The number of guanidine groups is 2. The van der Waals surface area contributed by atoms with Crippen LogP contribution >= 0.6 is 0 Å². The molecule has 568 valence electrons. The summed E-state index contributed by atoms with van der Waals surface area (Å²) in [4.78, 5) is 196. The lowest BCUT2D eigenvalue weighted by atomic mass is 10.00. The summed E-state index contributed by atoms with van der Waals surface area (Å²) in [6.45, 7) is 18.3. The second-order valence-electron chi connectivity index (χ2n) is 26.5. The van der Waals surface area contributed by atoms with Gasteiger partial charge in [-0.3, -0.25) is 77.1 Å². The zero-order valence-corrected chi connectivity index (χ0v) is 59.7. The fourth-order valence-corrected chi connectivity index (χ4v) is 9.73. The van der Waals surface area contributed by atoms with Crippen molar-refractivity contribution in [2.75, 3.05) is 19.7 Å². The molecule has 0 aliphatic heterocycles. The van der Waals surface area contributed by atoms with E-state index in [0.717, 1.165) is 0 Å². The largest absolute Gasteiger partial charge is 0.508 e. The molecule has 0 aliphatic carbocycles. The molecule has 0 bridgehead atoms. The average Bonchev–Trinajstić information content (AvgIpc) is 0.865. The van der Waals surface area contributed by atoms with Gasteiger partial charge in [0.15, 0.2) is 11.9 Å². The van der Waals surface area contributed by atoms with Gasteiger partial charge in [0, 0.05) is 19.5 Å². The maximum absolute atomic E-state index is 14.5. The molecule has 13 amide bonds. The van der Waals surface area contributed by atoms with Crippen molar-refractivity contribution in [1.82, 2.24) is 63.8 Å². The number of nitrogens with zero attached hydrogens (tertiary/aromatic N) is 2. The Balaban J connectivity index is 3.45. The summed E-state index contributed by atoms with van der Waals surface area (Å²) in [5.41, 5.74) is 33.4. The number of aromatic hydroxyl groups is 1. The maximum Gasteiger partial charge on any atom is 0.305 e. The Morgan fingerprint density at radius 3 is 0.990 bits per heavy atom. The predicted molar refractivity (Wildman–Crippen MR) is 372 cm³/mol. The number of aliphatic hydroxyl groups is 1. The lowest BCUT2D eigenvalue weighted by molar-refractivity contribution is -0.140. The topological polar surface area (TPSA) is 625 Å². The van der Waals surface area contributed by atoms with Crippen LogP contribution in [0.25, 0.3) is 0 Å². The molecular formula is C64H110N20O17. The van der Waals surface area contributed by atoms with Crippen LogP contribution < -0.4 is 98.2 Å². The Labute approximate surface area is 588 Å². The summed E-state index contributed by atoms with van der Waals surface area (Å²) in [6, 6.07) is -12.3. The molecule has 0 fully saturated rings. The number of aliphatic hydroxyl groups excluding tert-OH is 1. The Morgan fingerprint density at radius 2 is 0.653 bits per heavy atom. The number of primary amides is 1. The fraction of sp³-hybridized carbons (Fsp3) is 0.656. The van der Waals surface area contributed by atoms with Crippen molar-refractivity contribution < 1.29 is 82.4 Å². The molecule has 0 heterocycles. The SMILES string of the molecule is CC(C)C[C@H](NC(=O)[C@H](C)NC(=O)[C@H](Cc1ccc(O)cc1)NC(=O)[C@H](CC(C)C)NC(=O)[C@H](CCCN=C(N)N)NC(=O)[C@H](C)NC(=O)[C@H](CC(C)C)NC(=O)[C@H](CO)NC(=O)[C@H](C)NC(=O)[C@H](CC(C)C)NC(=O)[C@@H](N)CC(=O)O)C(=O)N[C@@H](C)C(=O)N[C@@H](CCCN=C(N)N)C(N)=O. The third-order valence-electron chi connectivity index (χ3n) is 15.1. The molecule has 27 N–H and O–H groups in total. The highest BCUT2D eigenvalue weighted by molar-refractivity contribution is 6.00. The highest BCUT2D eigenvalue weighted by Crippen LogP contribution is 2.15. The number of carbonyl (C=O) groups excluding carboxylic acids is 13. The van der Waals surface area contributed by atoms with Crippen LogP contribution in [0.1, 0.15) is 146 Å². The number of nitrogens with one attached hydrogen (secondary N) is 12. The van der Waals surface area contributed by atoms with E-state index >= 15 is 0 Å². The molecule has 1 rings (SSSR count). The number of benzene rings is 1. The molecular weight excluding hydrogens is 1320 g/mol. The van der Waals surface area contributed by atoms with Gasteiger partial charge in [0.05, 0.1) is 19.1 Å². The molecule has 37 nitrogen and oxygen atoms in total. The van der Waals surface area contributed by atoms with E-state index < -0.39 is 174 Å². The number of phenols is 1. The second kappa shape index (κ2) is 45.0. The van der Waals surface area contributed by atoms with Gasteiger partial charge in [-0.15, -0.1) is 0 Å². The number of phenolic OH excluding ortho intramolecular Hbond substituents is 1. The first-order valence-electron chi connectivity index (χ1n) is 33.5. The van der Waals surface area contributed by atoms with Gasteiger partial charge in [-0.25, -0.2) is 0 Å². The number of nitrogens with two attached hydrogens (primary N) is 6. The third-order valence-corrected chi connectivity index (χ3v) is 15.1. The van der Waals surface area contributed by atoms with E-state index in [1.54, 1.807) is 55.4 Å². The Bertz CT molecular complexity index is 3030. The van der Waals surface area contributed by atoms with Gasteiger partial charge in [-0.2, -0.15) is 0 Å². The minimum atomic E-state index is -1.69. The van der Waals surface area contributed by atoms with Crippen LogP contribution in [0.15, 0.2) is 34.3 Å². The molecule has 0 unspecified atom stereocenters. The molecule has 0 saturated carbocycles. The highest BCUT2D eigenvalue weighted by atomic mass is 16.4. The lowest BCUT2D eigenvalue weighted by Crippen LogP contribution is -2.61. The maximum atomic E-state index is 14.5. The lowest BCUT2D eigenvalue weighted by Gasteiger charge is -2.28. The molecule has 0 saturated heterocycles. The van der Waals surface area contributed by atoms with Gasteiger partial charge in [-0.05, 0) is 120 Å². The predicted octanol–water partition coefficient (Wildman–Crippen LogP) is -5.60. The standard InChI is InChI=1S/C64H110N20O17/c1-30(2)23-43(57(96)73-34(9)51(90)77-41(50(66)89)15-13-21-71-63(67)68)79-53(92)36(11)76-60(99)47(27-38-17-19-39(86)20-18-38)83-61(100)46(26-33(7)8)81-56(95)42(16-14-22-72-64(69)70)78-52(91)35(10)74-59(98)45(25-32(5)6)82-62(101)48(29-85)84-54(93)37(12)75-58(97)44(24-31(3)4)80-55(94)40(65)28-49(87)88/h17-20,30-37,40-48,85-86H,13-16,21-29,65H2,1-12H3,(H2,66,89)(H,73,96)(H,74,98)(H,75,97)(H,76,99)(H,77,90)(H,78,91)(H,79,92)(H,80,94)(H,81,95)(H,82,101)(H,83,100)(H,84,93)(H,87,88)(H4,67,68,71)(H4,69,70,72)/t34-,35-,36-,37-,40-,41-,42-,43-,44-,45-,46-,47-,48-/m0/s1. The number of aliphatic imine (C=N–C) groups is 2. The quantitative estimate of drug-likeness (QED) is 0.0164. The van der Waals surface area contributed by atoms with Gasteiger partial charge in [0.25, 0.3) is 0 Å². The van der Waals surface area contributed by atoms with Crippen molar-refractivity contribution >= 4 is 94.7 Å². The van der Waals surface area contributed by atoms with Gasteiger partial charge < -0.3 is 114 Å². The van der Waals surface area contributed by atoms with Crippen LogP contribution in [0, 0.1) is 23.7 Å². The van der Waals surface area contributed by atoms with Crippen LogP contribution in [0.3, 0.4) is 0 Å². The van der Waals surface area contributed by atoms with E-state index in [1.807, 2.05) is 0 Å². The van der Waals surface area contributed by atoms with E-state index in [9.17, 15) is 77.3 Å². The summed E-state index contributed by atoms with van der Waals surface area (Å²) in [7, 11) is 0. The number of carboxylic acid groups (broad SMARTS) is 1. The molecule has 1 aromatic carbocycles. The van der Waals surface area contributed by atoms with Gasteiger partial charge in [0.2, 0.25) is 76.8 Å². The van der Waals surface area contributed by atoms with Crippen molar-refractivity contribution in [2.24, 2.45) is 68.1 Å². The second-order valence-corrected chi connectivity index (χ2v) is 26.5. The van der Waals surface area contributed by atoms with Crippen molar-refractivity contribution in [3.63, 3.8) is 0 Å². The van der Waals surface area contributed by atoms with Crippen molar-refractivity contribution in [3.05, 3.63) is 29.8 Å². The monoisotopic (exact) mass is 1430 g/mol. The van der Waals surface area contributed by atoms with Crippen LogP contribution in [-0.2, 0) is 73.5 Å². The van der Waals surface area contributed by atoms with E-state index in [2.05, 4.69) is 73.8 Å². The van der Waals surface area contributed by atoms with E-state index in [-0.39, 0.29) is 112 Å². The van der Waals surface area contributed by atoms with E-state index in [1.165, 1.54) is 52.0 Å². The number of hydrogen-bond acceptors (Lipinski definition) is 19. The smallest absolute Gasteiger partial charge is 0.305 e. The van der Waals surface area contributed by atoms with Gasteiger partial charge in [-0.1, -0.05) is 67.5 Å². The Morgan fingerprint density at radius 1 is 0.376 bits per heavy atom. The first-order chi connectivity index (χ1) is 47.0. The summed E-state index contributed by atoms with van der Waals surface area (Å²) >= 11 is 0. The first kappa shape index (κ1) is 89.1. The summed E-state index contributed by atoms with van der Waals surface area (Å²) < 4.78 is 0. The average molecular weight is 1430 g/mol. The zero-order valence-electron chi connectivity index (χ0n) is 59.7. The van der Waals surface area contributed by atoms with E-state index in [0.29, 0.717) is 5.56 Å². The van der Waals surface area contributed by atoms with Crippen LogP contribution in [0.2, 0.25) is 0 Å². The zero-order chi connectivity index (χ0) is 77.1. The Kier molecular flexibility index (Phi) is 39.6. The number of hydrogen-bond donors (Lipinski definition) is 21. The molecule has 0 radical (unpaired) electrons. The van der Waals surface area contributed by atoms with Crippen LogP contribution in [0.4, 0.5) is 0 Å². The summed E-state index contributed by atoms with van der Waals surface area (Å²) in [6.07, 6.45) is -0.586. The molecule has 13 atom stereocenters. The molecule has 0 spiro atoms. The van der Waals surface area contributed by atoms with Crippen molar-refractivity contribution in [3.8, 4) is 5.75 Å². The highest BCUT2D eigenvalue weighted by Gasteiger charge is 2.36. The van der Waals surface area contributed by atoms with Gasteiger partial charge in [0.1, 0.15) is 78.3 Å². The number of amides is 13. The first-order valence-corrected chi connectivity index (χ1v) is 33.5. The normalized spacial score (nSPS) is 15.0. The molecule has 1 aromatic rings. The molecule has 37 heteroatoms. The van der Waals surface area contributed by atoms with Crippen molar-refractivity contribution in [2.45, 2.75) is 226 Å². The summed E-state index contributed by atoms with van der Waals surface area (Å²) in [5, 5.41) is 59.6. The summed E-state index contributed by atoms with van der Waals surface area (Å²) in [5.74, 6) is -14.3. The van der Waals surface area contributed by atoms with Gasteiger partial charge >= 0.3 is 5.97 Å². The Hall–Kier alpha value is -9.94. The number of rotatable bonds is 46. The van der Waals surface area contributed by atoms with Crippen LogP contribution in [-0.4, -0.2) is 208 Å². The number of carbonyl (C=O) groups is 14. The van der Waals surface area contributed by atoms with E-state index in [4.69, 9.17) is 39.5 Å². The third kappa shape index (κ3) is 35.6. The number of carboxylic acids is 1. The van der Waals surface area contributed by atoms with Crippen LogP contribution in [0.5, 0.6) is 5.75 Å². The fourth-order valence-electron chi connectivity index (χ4n) is 9.73. The minimum Gasteiger partial charge on any atom is -0.508 e. The number of aliphatic carboxylic acids is 1. The molecule has 101 heavy (non-hydrogen) atoms. The molecule has 0 aliphatic rings. The molecule has 0 aromatic heterocycles. The van der Waals surface area contributed by atoms with Crippen molar-refractivity contribution in [1.29, 1.82) is 0 Å².